The molecule has 98 valence electrons. The molecule has 2 rings (SSSR count). The number of sulfone groups is 1. The van der Waals surface area contributed by atoms with Gasteiger partial charge >= 0.3 is 0 Å². The van der Waals surface area contributed by atoms with Gasteiger partial charge in [0, 0.05) is 11.7 Å². The lowest BCUT2D eigenvalue weighted by atomic mass is 10.3. The summed E-state index contributed by atoms with van der Waals surface area (Å²) in [5, 5.41) is 3.42. The van der Waals surface area contributed by atoms with E-state index in [1.807, 2.05) is 30.3 Å². The molecule has 7 heteroatoms. The van der Waals surface area contributed by atoms with Crippen molar-refractivity contribution in [1.82, 2.24) is 10.9 Å². The van der Waals surface area contributed by atoms with Gasteiger partial charge in [-0.25, -0.2) is 13.8 Å². The molecule has 5 nitrogen and oxygen atoms in total. The van der Waals surface area contributed by atoms with Crippen LogP contribution in [0.2, 0.25) is 0 Å². The van der Waals surface area contributed by atoms with Crippen LogP contribution in [0.15, 0.2) is 30.3 Å². The smallest absolute Gasteiger partial charge is 0.185 e. The predicted molar refractivity (Wildman–Crippen MR) is 76.0 cm³/mol. The van der Waals surface area contributed by atoms with Crippen molar-refractivity contribution in [3.05, 3.63) is 30.3 Å². The first kappa shape index (κ1) is 13.3. The van der Waals surface area contributed by atoms with Crippen LogP contribution in [0, 0.1) is 0 Å². The Morgan fingerprint density at radius 3 is 2.61 bits per heavy atom. The van der Waals surface area contributed by atoms with Crippen molar-refractivity contribution in [1.29, 1.82) is 0 Å². The maximum absolute atomic E-state index is 11.3. The molecule has 1 aliphatic heterocycles. The highest BCUT2D eigenvalue weighted by Gasteiger charge is 2.27. The minimum atomic E-state index is -2.87. The number of para-hydroxylation sites is 1. The maximum Gasteiger partial charge on any atom is 0.185 e. The van der Waals surface area contributed by atoms with Crippen LogP contribution in [0.1, 0.15) is 6.42 Å². The van der Waals surface area contributed by atoms with Crippen molar-refractivity contribution < 1.29 is 8.42 Å². The lowest BCUT2D eigenvalue weighted by molar-refractivity contribution is 0.530. The van der Waals surface area contributed by atoms with Crippen LogP contribution in [0.5, 0.6) is 0 Å². The predicted octanol–water partition coefficient (Wildman–Crippen LogP) is 0.665. The summed E-state index contributed by atoms with van der Waals surface area (Å²) in [6.07, 6.45) is 0.614. The van der Waals surface area contributed by atoms with Crippen molar-refractivity contribution in [3.8, 4) is 0 Å². The molecule has 1 unspecified atom stereocenters. The molecule has 1 atom stereocenters. The highest BCUT2D eigenvalue weighted by molar-refractivity contribution is 7.91. The van der Waals surface area contributed by atoms with E-state index in [1.54, 1.807) is 0 Å². The molecule has 0 bridgehead atoms. The van der Waals surface area contributed by atoms with E-state index < -0.39 is 9.84 Å². The molecule has 1 fully saturated rings. The lowest BCUT2D eigenvalue weighted by Gasteiger charge is -2.15. The van der Waals surface area contributed by atoms with Crippen LogP contribution >= 0.6 is 12.2 Å². The standard InChI is InChI=1S/C11H15N3O2S2/c15-18(16)7-6-10(8-18)13-14-11(17)12-9-4-2-1-3-5-9/h1-5,10,13H,6-8H2,(H2,12,14,17). The van der Waals surface area contributed by atoms with Gasteiger partial charge in [0.25, 0.3) is 0 Å². The molecule has 0 aliphatic carbocycles. The van der Waals surface area contributed by atoms with Gasteiger partial charge in [-0.1, -0.05) is 18.2 Å². The zero-order valence-electron chi connectivity index (χ0n) is 9.72. The molecule has 1 aromatic carbocycles. The average molecular weight is 285 g/mol. The van der Waals surface area contributed by atoms with E-state index in [9.17, 15) is 8.42 Å². The Morgan fingerprint density at radius 1 is 1.28 bits per heavy atom. The van der Waals surface area contributed by atoms with E-state index >= 15 is 0 Å². The lowest BCUT2D eigenvalue weighted by Crippen LogP contribution is -2.46. The van der Waals surface area contributed by atoms with Crippen molar-refractivity contribution in [3.63, 3.8) is 0 Å². The third kappa shape index (κ3) is 3.94. The summed E-state index contributed by atoms with van der Waals surface area (Å²) in [7, 11) is -2.87. The Bertz CT molecular complexity index is 516. The molecule has 0 spiro atoms. The third-order valence-corrected chi connectivity index (χ3v) is 4.63. The molecular weight excluding hydrogens is 270 g/mol. The SMILES string of the molecule is O=S1(=O)CCC(NNC(=S)Nc2ccccc2)C1. The van der Waals surface area contributed by atoms with Crippen molar-refractivity contribution in [2.45, 2.75) is 12.5 Å². The quantitative estimate of drug-likeness (QED) is 0.560. The van der Waals surface area contributed by atoms with Crippen LogP contribution in [-0.4, -0.2) is 31.1 Å². The summed E-state index contributed by atoms with van der Waals surface area (Å²) < 4.78 is 22.5. The zero-order chi connectivity index (χ0) is 13.0. The van der Waals surface area contributed by atoms with Crippen LogP contribution in [-0.2, 0) is 9.84 Å². The Kier molecular flexibility index (Phi) is 4.15. The van der Waals surface area contributed by atoms with E-state index in [4.69, 9.17) is 12.2 Å². The molecule has 3 N–H and O–H groups in total. The van der Waals surface area contributed by atoms with Crippen molar-refractivity contribution in [2.24, 2.45) is 0 Å². The zero-order valence-corrected chi connectivity index (χ0v) is 11.4. The Balaban J connectivity index is 1.76. The number of thiocarbonyl (C=S) groups is 1. The van der Waals surface area contributed by atoms with Gasteiger partial charge in [0.15, 0.2) is 14.9 Å². The normalized spacial score (nSPS) is 21.4. The average Bonchev–Trinajstić information content (AvgIpc) is 2.68. The molecule has 0 radical (unpaired) electrons. The first-order valence-corrected chi connectivity index (χ1v) is 7.86. The topological polar surface area (TPSA) is 70.2 Å². The number of nitrogens with one attached hydrogen (secondary N) is 3. The maximum atomic E-state index is 11.3. The minimum Gasteiger partial charge on any atom is -0.332 e. The summed E-state index contributed by atoms with van der Waals surface area (Å²) in [5.74, 6) is 0.402. The van der Waals surface area contributed by atoms with Crippen molar-refractivity contribution >= 4 is 32.9 Å². The summed E-state index contributed by atoms with van der Waals surface area (Å²) in [4.78, 5) is 0. The molecule has 0 aromatic heterocycles. The molecule has 1 heterocycles. The second-order valence-electron chi connectivity index (χ2n) is 4.19. The molecule has 1 aliphatic rings. The van der Waals surface area contributed by atoms with E-state index in [0.717, 1.165) is 5.69 Å². The van der Waals surface area contributed by atoms with Gasteiger partial charge in [-0.2, -0.15) is 0 Å². The molecule has 0 saturated carbocycles. The highest BCUT2D eigenvalue weighted by atomic mass is 32.2. The second kappa shape index (κ2) is 5.64. The largest absolute Gasteiger partial charge is 0.332 e. The van der Waals surface area contributed by atoms with Crippen LogP contribution in [0.4, 0.5) is 5.69 Å². The van der Waals surface area contributed by atoms with E-state index in [-0.39, 0.29) is 17.5 Å². The van der Waals surface area contributed by atoms with Gasteiger partial charge < -0.3 is 5.32 Å². The molecule has 1 aromatic rings. The van der Waals surface area contributed by atoms with Crippen LogP contribution < -0.4 is 16.2 Å². The molecule has 1 saturated heterocycles. The molecule has 0 amide bonds. The summed E-state index contributed by atoms with van der Waals surface area (Å²) in [6, 6.07) is 9.44. The van der Waals surface area contributed by atoms with Gasteiger partial charge in [0.1, 0.15) is 0 Å². The highest BCUT2D eigenvalue weighted by Crippen LogP contribution is 2.10. The van der Waals surface area contributed by atoms with Gasteiger partial charge in [-0.3, -0.25) is 5.43 Å². The molecular formula is C11H15N3O2S2. The van der Waals surface area contributed by atoms with Gasteiger partial charge in [-0.15, -0.1) is 0 Å². The molecule has 18 heavy (non-hydrogen) atoms. The number of hydrazine groups is 1. The minimum absolute atomic E-state index is 0.0782. The number of anilines is 1. The fourth-order valence-electron chi connectivity index (χ4n) is 1.76. The number of hydrogen-bond donors (Lipinski definition) is 3. The van der Waals surface area contributed by atoms with Crippen LogP contribution in [0.25, 0.3) is 0 Å². The van der Waals surface area contributed by atoms with Gasteiger partial charge in [0.2, 0.25) is 0 Å². The van der Waals surface area contributed by atoms with E-state index in [1.165, 1.54) is 0 Å². The first-order chi connectivity index (χ1) is 8.55. The van der Waals surface area contributed by atoms with Crippen LogP contribution in [0.3, 0.4) is 0 Å². The Labute approximate surface area is 112 Å². The summed E-state index contributed by atoms with van der Waals surface area (Å²) in [5.41, 5.74) is 6.63. The fourth-order valence-corrected chi connectivity index (χ4v) is 3.61. The fraction of sp³-hybridized carbons (Fsp3) is 0.364. The number of benzene rings is 1. The van der Waals surface area contributed by atoms with E-state index in [0.29, 0.717) is 11.5 Å². The summed E-state index contributed by atoms with van der Waals surface area (Å²) in [6.45, 7) is 0. The van der Waals surface area contributed by atoms with Gasteiger partial charge in [-0.05, 0) is 30.8 Å². The summed E-state index contributed by atoms with van der Waals surface area (Å²) >= 11 is 5.09. The third-order valence-electron chi connectivity index (χ3n) is 2.65. The monoisotopic (exact) mass is 285 g/mol. The Morgan fingerprint density at radius 2 is 2.00 bits per heavy atom. The number of hydrogen-bond acceptors (Lipinski definition) is 4. The Hall–Kier alpha value is -1.18. The van der Waals surface area contributed by atoms with E-state index in [2.05, 4.69) is 16.2 Å². The number of rotatable bonds is 3. The second-order valence-corrected chi connectivity index (χ2v) is 6.83. The first-order valence-electron chi connectivity index (χ1n) is 5.63. The van der Waals surface area contributed by atoms with Crippen molar-refractivity contribution in [2.75, 3.05) is 16.8 Å². The van der Waals surface area contributed by atoms with Gasteiger partial charge in [0.05, 0.1) is 11.5 Å².